The van der Waals surface area contributed by atoms with Crippen molar-refractivity contribution in [3.63, 3.8) is 0 Å². The SMILES string of the molecule is CC/C=C/SC(=N)[C@@H](N)Cc1ccc([N+](=O)[O-])cc1. The van der Waals surface area contributed by atoms with Gasteiger partial charge in [0.15, 0.2) is 0 Å². The Morgan fingerprint density at radius 1 is 1.53 bits per heavy atom. The van der Waals surface area contributed by atoms with E-state index in [-0.39, 0.29) is 11.7 Å². The summed E-state index contributed by atoms with van der Waals surface area (Å²) in [4.78, 5) is 10.1. The van der Waals surface area contributed by atoms with Gasteiger partial charge in [0.05, 0.1) is 16.0 Å². The van der Waals surface area contributed by atoms with Gasteiger partial charge in [-0.2, -0.15) is 0 Å². The predicted octanol–water partition coefficient (Wildman–Crippen LogP) is 3.10. The molecule has 1 rings (SSSR count). The molecular weight excluding hydrogens is 262 g/mol. The Morgan fingerprint density at radius 2 is 2.16 bits per heavy atom. The number of thioether (sulfide) groups is 1. The molecular formula is C13H17N3O2S. The van der Waals surface area contributed by atoms with Crippen molar-refractivity contribution in [3.8, 4) is 0 Å². The van der Waals surface area contributed by atoms with E-state index < -0.39 is 4.92 Å². The number of allylic oxidation sites excluding steroid dienone is 1. The van der Waals surface area contributed by atoms with Gasteiger partial charge in [-0.25, -0.2) is 0 Å². The molecule has 1 aromatic carbocycles. The Bertz CT molecular complexity index is 471. The van der Waals surface area contributed by atoms with E-state index in [4.69, 9.17) is 11.1 Å². The van der Waals surface area contributed by atoms with Crippen LogP contribution in [-0.2, 0) is 6.42 Å². The minimum atomic E-state index is -0.433. The Balaban J connectivity index is 2.56. The molecule has 0 spiro atoms. The highest BCUT2D eigenvalue weighted by molar-refractivity contribution is 8.16. The average molecular weight is 279 g/mol. The number of benzene rings is 1. The maximum Gasteiger partial charge on any atom is 0.269 e. The highest BCUT2D eigenvalue weighted by Crippen LogP contribution is 2.15. The largest absolute Gasteiger partial charge is 0.322 e. The van der Waals surface area contributed by atoms with Crippen LogP contribution in [0.25, 0.3) is 0 Å². The van der Waals surface area contributed by atoms with E-state index in [0.717, 1.165) is 12.0 Å². The topological polar surface area (TPSA) is 93.0 Å². The third-order valence-electron chi connectivity index (χ3n) is 2.47. The highest BCUT2D eigenvalue weighted by Gasteiger charge is 2.11. The number of rotatable bonds is 6. The fourth-order valence-electron chi connectivity index (χ4n) is 1.41. The van der Waals surface area contributed by atoms with Crippen LogP contribution < -0.4 is 5.73 Å². The van der Waals surface area contributed by atoms with Crippen LogP contribution in [0.4, 0.5) is 5.69 Å². The van der Waals surface area contributed by atoms with E-state index in [9.17, 15) is 10.1 Å². The van der Waals surface area contributed by atoms with Crippen molar-refractivity contribution in [1.29, 1.82) is 5.41 Å². The summed E-state index contributed by atoms with van der Waals surface area (Å²) in [7, 11) is 0. The van der Waals surface area contributed by atoms with E-state index in [0.29, 0.717) is 11.5 Å². The van der Waals surface area contributed by atoms with E-state index in [1.807, 2.05) is 18.4 Å². The molecule has 0 heterocycles. The maximum atomic E-state index is 10.5. The van der Waals surface area contributed by atoms with E-state index in [1.165, 1.54) is 23.9 Å². The quantitative estimate of drug-likeness (QED) is 0.362. The molecule has 0 radical (unpaired) electrons. The van der Waals surface area contributed by atoms with Gasteiger partial charge in [-0.05, 0) is 23.8 Å². The Hall–Kier alpha value is -1.66. The summed E-state index contributed by atoms with van der Waals surface area (Å²) in [5.74, 6) is 0. The lowest BCUT2D eigenvalue weighted by molar-refractivity contribution is -0.384. The van der Waals surface area contributed by atoms with Gasteiger partial charge in [-0.15, -0.1) is 0 Å². The summed E-state index contributed by atoms with van der Waals surface area (Å²) >= 11 is 1.31. The molecule has 5 nitrogen and oxygen atoms in total. The van der Waals surface area contributed by atoms with Gasteiger partial charge in [-0.1, -0.05) is 36.9 Å². The Labute approximate surface area is 116 Å². The zero-order valence-corrected chi connectivity index (χ0v) is 11.5. The molecule has 0 aromatic heterocycles. The fraction of sp³-hybridized carbons (Fsp3) is 0.308. The minimum absolute atomic E-state index is 0.0626. The van der Waals surface area contributed by atoms with Crippen molar-refractivity contribution >= 4 is 22.5 Å². The number of hydrogen-bond donors (Lipinski definition) is 2. The molecule has 0 aliphatic rings. The molecule has 0 bridgehead atoms. The van der Waals surface area contributed by atoms with E-state index in [1.54, 1.807) is 12.1 Å². The second-order valence-electron chi connectivity index (χ2n) is 4.00. The molecule has 19 heavy (non-hydrogen) atoms. The number of nitro groups is 1. The van der Waals surface area contributed by atoms with Crippen molar-refractivity contribution in [2.45, 2.75) is 25.8 Å². The second-order valence-corrected chi connectivity index (χ2v) is 4.94. The van der Waals surface area contributed by atoms with Crippen LogP contribution in [0, 0.1) is 15.5 Å². The summed E-state index contributed by atoms with van der Waals surface area (Å²) < 4.78 is 0. The molecule has 0 aliphatic heterocycles. The van der Waals surface area contributed by atoms with Crippen molar-refractivity contribution < 1.29 is 4.92 Å². The minimum Gasteiger partial charge on any atom is -0.322 e. The first-order valence-electron chi connectivity index (χ1n) is 5.93. The number of nitro benzene ring substituents is 1. The lowest BCUT2D eigenvalue weighted by Gasteiger charge is -2.11. The number of nitrogens with zero attached hydrogens (tertiary/aromatic N) is 1. The molecule has 0 aliphatic carbocycles. The number of nitrogens with one attached hydrogen (secondary N) is 1. The molecule has 102 valence electrons. The van der Waals surface area contributed by atoms with Gasteiger partial charge in [0.1, 0.15) is 0 Å². The van der Waals surface area contributed by atoms with Crippen molar-refractivity contribution in [1.82, 2.24) is 0 Å². The van der Waals surface area contributed by atoms with Crippen LogP contribution in [0.2, 0.25) is 0 Å². The number of non-ortho nitro benzene ring substituents is 1. The van der Waals surface area contributed by atoms with Crippen molar-refractivity contribution in [2.24, 2.45) is 5.73 Å². The zero-order valence-electron chi connectivity index (χ0n) is 10.7. The second kappa shape index (κ2) is 7.70. The highest BCUT2D eigenvalue weighted by atomic mass is 32.2. The normalized spacial score (nSPS) is 12.5. The van der Waals surface area contributed by atoms with Crippen LogP contribution in [0.15, 0.2) is 35.7 Å². The number of nitrogens with two attached hydrogens (primary N) is 1. The van der Waals surface area contributed by atoms with Crippen molar-refractivity contribution in [2.75, 3.05) is 0 Å². The molecule has 1 atom stereocenters. The third-order valence-corrected chi connectivity index (χ3v) is 3.35. The molecule has 6 heteroatoms. The van der Waals surface area contributed by atoms with E-state index >= 15 is 0 Å². The summed E-state index contributed by atoms with van der Waals surface area (Å²) in [6.45, 7) is 2.03. The smallest absolute Gasteiger partial charge is 0.269 e. The van der Waals surface area contributed by atoms with Crippen molar-refractivity contribution in [3.05, 3.63) is 51.4 Å². The van der Waals surface area contributed by atoms with Gasteiger partial charge in [0, 0.05) is 12.1 Å². The molecule has 0 unspecified atom stereocenters. The molecule has 0 saturated heterocycles. The van der Waals surface area contributed by atoms with E-state index in [2.05, 4.69) is 0 Å². The van der Waals surface area contributed by atoms with Crippen LogP contribution in [0.1, 0.15) is 18.9 Å². The standard InChI is InChI=1S/C13H17N3O2S/c1-2-3-8-19-13(15)12(14)9-10-4-6-11(7-5-10)16(17)18/h3-8,12,15H,2,9,14H2,1H3/b8-3+,15-13?/t12-/m0/s1. The first kappa shape index (κ1) is 15.4. The van der Waals surface area contributed by atoms with Gasteiger partial charge in [-0.3, -0.25) is 15.5 Å². The Kier molecular flexibility index (Phi) is 6.24. The molecule has 0 fully saturated rings. The summed E-state index contributed by atoms with van der Waals surface area (Å²) in [5.41, 5.74) is 6.87. The Morgan fingerprint density at radius 3 is 2.68 bits per heavy atom. The fourth-order valence-corrected chi connectivity index (χ4v) is 2.10. The van der Waals surface area contributed by atoms with Crippen LogP contribution in [0.5, 0.6) is 0 Å². The molecule has 1 aromatic rings. The first-order chi connectivity index (χ1) is 9.04. The van der Waals surface area contributed by atoms with Gasteiger partial charge < -0.3 is 5.73 Å². The predicted molar refractivity (Wildman–Crippen MR) is 79.5 cm³/mol. The lowest BCUT2D eigenvalue weighted by Crippen LogP contribution is -2.29. The summed E-state index contributed by atoms with van der Waals surface area (Å²) in [5, 5.41) is 20.6. The van der Waals surface area contributed by atoms with Crippen LogP contribution in [-0.4, -0.2) is 16.0 Å². The summed E-state index contributed by atoms with van der Waals surface area (Å²) in [6, 6.07) is 5.88. The van der Waals surface area contributed by atoms with Crippen LogP contribution in [0.3, 0.4) is 0 Å². The lowest BCUT2D eigenvalue weighted by atomic mass is 10.1. The number of hydrogen-bond acceptors (Lipinski definition) is 5. The average Bonchev–Trinajstić information content (AvgIpc) is 2.39. The van der Waals surface area contributed by atoms with Gasteiger partial charge in [0.2, 0.25) is 0 Å². The molecule has 0 saturated carbocycles. The molecule has 0 amide bonds. The summed E-state index contributed by atoms with van der Waals surface area (Å²) in [6.07, 6.45) is 3.40. The third kappa shape index (κ3) is 5.23. The molecule has 3 N–H and O–H groups in total. The first-order valence-corrected chi connectivity index (χ1v) is 6.81. The van der Waals surface area contributed by atoms with Gasteiger partial charge >= 0.3 is 0 Å². The van der Waals surface area contributed by atoms with Gasteiger partial charge in [0.25, 0.3) is 5.69 Å². The zero-order chi connectivity index (χ0) is 14.3. The maximum absolute atomic E-state index is 10.5. The van der Waals surface area contributed by atoms with Crippen LogP contribution >= 0.6 is 11.8 Å². The monoisotopic (exact) mass is 279 g/mol.